The van der Waals surface area contributed by atoms with E-state index in [9.17, 15) is 9.50 Å². The molecule has 1 atom stereocenters. The van der Waals surface area contributed by atoms with Gasteiger partial charge >= 0.3 is 0 Å². The number of benzene rings is 3. The maximum Gasteiger partial charge on any atom is 0.127 e. The van der Waals surface area contributed by atoms with E-state index in [1.165, 1.54) is 12.1 Å². The number of phenols is 1. The Kier molecular flexibility index (Phi) is 6.38. The predicted molar refractivity (Wildman–Crippen MR) is 124 cm³/mol. The van der Waals surface area contributed by atoms with Crippen LogP contribution in [0, 0.1) is 5.82 Å². The lowest BCUT2D eigenvalue weighted by Crippen LogP contribution is -2.24. The Balaban J connectivity index is 1.68. The summed E-state index contributed by atoms with van der Waals surface area (Å²) in [6, 6.07) is 24.3. The summed E-state index contributed by atoms with van der Waals surface area (Å²) in [6.07, 6.45) is 11.8. The third kappa shape index (κ3) is 5.17. The smallest absolute Gasteiger partial charge is 0.127 e. The monoisotopic (exact) mass is 410 g/mol. The Bertz CT molecular complexity index is 1110. The normalized spacial score (nSPS) is 14.5. The standard InChI is InChI=1S/C27H23FN2O/c28-24-16-21(17-25(31)18-24)19-29-20-27(23-12-6-2-7-13-23)30-15-9-3-8-14-26(30)22-10-4-1-5-11-22/h1-19,27,31H,20H2/t27-/m0/s1. The van der Waals surface area contributed by atoms with Gasteiger partial charge in [-0.1, -0.05) is 72.8 Å². The molecule has 3 nitrogen and oxygen atoms in total. The number of nitrogens with zero attached hydrogens (tertiary/aromatic N) is 2. The lowest BCUT2D eigenvalue weighted by molar-refractivity contribution is 0.402. The molecule has 0 aromatic heterocycles. The van der Waals surface area contributed by atoms with E-state index >= 15 is 0 Å². The van der Waals surface area contributed by atoms with E-state index in [-0.39, 0.29) is 11.8 Å². The summed E-state index contributed by atoms with van der Waals surface area (Å²) in [4.78, 5) is 6.82. The molecule has 0 radical (unpaired) electrons. The Morgan fingerprint density at radius 2 is 1.65 bits per heavy atom. The van der Waals surface area contributed by atoms with E-state index in [0.29, 0.717) is 12.1 Å². The van der Waals surface area contributed by atoms with Gasteiger partial charge in [-0.2, -0.15) is 0 Å². The molecule has 154 valence electrons. The van der Waals surface area contributed by atoms with Gasteiger partial charge in [-0.05, 0) is 41.0 Å². The number of aliphatic imine (C=N–C) groups is 1. The van der Waals surface area contributed by atoms with Gasteiger partial charge in [0, 0.05) is 24.2 Å². The van der Waals surface area contributed by atoms with Crippen molar-refractivity contribution in [1.29, 1.82) is 0 Å². The quantitative estimate of drug-likeness (QED) is 0.497. The van der Waals surface area contributed by atoms with Crippen molar-refractivity contribution in [2.24, 2.45) is 4.99 Å². The lowest BCUT2D eigenvalue weighted by atomic mass is 10.0. The Morgan fingerprint density at radius 1 is 0.903 bits per heavy atom. The summed E-state index contributed by atoms with van der Waals surface area (Å²) in [5.74, 6) is -0.603. The fourth-order valence-corrected chi connectivity index (χ4v) is 3.60. The number of hydrogen-bond acceptors (Lipinski definition) is 3. The average Bonchev–Trinajstić information content (AvgIpc) is 3.03. The molecule has 0 saturated carbocycles. The zero-order valence-corrected chi connectivity index (χ0v) is 17.0. The van der Waals surface area contributed by atoms with Gasteiger partial charge in [0.05, 0.1) is 12.6 Å². The largest absolute Gasteiger partial charge is 0.508 e. The fourth-order valence-electron chi connectivity index (χ4n) is 3.60. The predicted octanol–water partition coefficient (Wildman–Crippen LogP) is 6.12. The second-order valence-electron chi connectivity index (χ2n) is 7.22. The summed E-state index contributed by atoms with van der Waals surface area (Å²) in [7, 11) is 0. The first-order valence-electron chi connectivity index (χ1n) is 10.1. The first kappa shape index (κ1) is 20.4. The van der Waals surface area contributed by atoms with Gasteiger partial charge in [0.25, 0.3) is 0 Å². The molecule has 3 aromatic rings. The molecular weight excluding hydrogens is 387 g/mol. The van der Waals surface area contributed by atoms with Gasteiger partial charge in [0.2, 0.25) is 0 Å². The van der Waals surface area contributed by atoms with Crippen LogP contribution in [0.4, 0.5) is 4.39 Å². The van der Waals surface area contributed by atoms with Crippen molar-refractivity contribution in [3.63, 3.8) is 0 Å². The van der Waals surface area contributed by atoms with Crippen molar-refractivity contribution in [2.75, 3.05) is 6.54 Å². The summed E-state index contributed by atoms with van der Waals surface area (Å²) < 4.78 is 13.6. The van der Waals surface area contributed by atoms with Crippen LogP contribution in [0.3, 0.4) is 0 Å². The van der Waals surface area contributed by atoms with Crippen molar-refractivity contribution < 1.29 is 9.50 Å². The molecule has 0 unspecified atom stereocenters. The fraction of sp³-hybridized carbons (Fsp3) is 0.0741. The lowest BCUT2D eigenvalue weighted by Gasteiger charge is -2.32. The zero-order valence-electron chi connectivity index (χ0n) is 17.0. The van der Waals surface area contributed by atoms with Gasteiger partial charge < -0.3 is 10.0 Å². The van der Waals surface area contributed by atoms with E-state index in [4.69, 9.17) is 0 Å². The average molecular weight is 410 g/mol. The van der Waals surface area contributed by atoms with Crippen LogP contribution >= 0.6 is 0 Å². The second kappa shape index (κ2) is 9.72. The van der Waals surface area contributed by atoms with Crippen LogP contribution in [0.25, 0.3) is 5.70 Å². The second-order valence-corrected chi connectivity index (χ2v) is 7.22. The molecule has 0 aliphatic carbocycles. The number of hydrogen-bond donors (Lipinski definition) is 1. The number of allylic oxidation sites excluding steroid dienone is 4. The van der Waals surface area contributed by atoms with Crippen LogP contribution in [0.1, 0.15) is 22.7 Å². The molecule has 1 aliphatic rings. The highest BCUT2D eigenvalue weighted by Gasteiger charge is 2.22. The van der Waals surface area contributed by atoms with Gasteiger partial charge in [-0.15, -0.1) is 0 Å². The van der Waals surface area contributed by atoms with Gasteiger partial charge in [0.15, 0.2) is 0 Å². The molecule has 0 bridgehead atoms. The molecular formula is C27H23FN2O. The maximum absolute atomic E-state index is 13.6. The maximum atomic E-state index is 13.6. The first-order valence-corrected chi connectivity index (χ1v) is 10.1. The van der Waals surface area contributed by atoms with E-state index in [2.05, 4.69) is 46.4 Å². The van der Waals surface area contributed by atoms with E-state index < -0.39 is 5.82 Å². The van der Waals surface area contributed by atoms with Crippen molar-refractivity contribution in [2.45, 2.75) is 6.04 Å². The van der Waals surface area contributed by atoms with Crippen molar-refractivity contribution >= 4 is 11.9 Å². The molecule has 0 saturated heterocycles. The number of rotatable bonds is 6. The molecule has 3 aromatic carbocycles. The highest BCUT2D eigenvalue weighted by Crippen LogP contribution is 2.32. The topological polar surface area (TPSA) is 35.8 Å². The summed E-state index contributed by atoms with van der Waals surface area (Å²) in [6.45, 7) is 0.454. The molecule has 31 heavy (non-hydrogen) atoms. The zero-order chi connectivity index (χ0) is 21.5. The first-order chi connectivity index (χ1) is 15.2. The third-order valence-corrected chi connectivity index (χ3v) is 5.01. The van der Waals surface area contributed by atoms with E-state index in [0.717, 1.165) is 22.9 Å². The number of halogens is 1. The van der Waals surface area contributed by atoms with Crippen LogP contribution < -0.4 is 0 Å². The van der Waals surface area contributed by atoms with Crippen molar-refractivity contribution in [1.82, 2.24) is 4.90 Å². The molecule has 4 rings (SSSR count). The van der Waals surface area contributed by atoms with Crippen molar-refractivity contribution in [3.05, 3.63) is 132 Å². The Hall–Kier alpha value is -3.92. The highest BCUT2D eigenvalue weighted by molar-refractivity contribution is 5.80. The molecule has 1 N–H and O–H groups in total. The van der Waals surface area contributed by atoms with Crippen molar-refractivity contribution in [3.8, 4) is 5.75 Å². The highest BCUT2D eigenvalue weighted by atomic mass is 19.1. The molecule has 0 amide bonds. The summed E-state index contributed by atoms with van der Waals surface area (Å²) in [5.41, 5.74) is 3.82. The number of aromatic hydroxyl groups is 1. The molecule has 1 aliphatic heterocycles. The third-order valence-electron chi connectivity index (χ3n) is 5.01. The molecule has 1 heterocycles. The van der Waals surface area contributed by atoms with E-state index in [1.54, 1.807) is 6.21 Å². The minimum atomic E-state index is -0.489. The van der Waals surface area contributed by atoms with Gasteiger partial charge in [0.1, 0.15) is 11.6 Å². The van der Waals surface area contributed by atoms with Gasteiger partial charge in [-0.3, -0.25) is 4.99 Å². The van der Waals surface area contributed by atoms with Gasteiger partial charge in [-0.25, -0.2) is 4.39 Å². The molecule has 0 fully saturated rings. The van der Waals surface area contributed by atoms with Crippen LogP contribution in [0.5, 0.6) is 5.75 Å². The summed E-state index contributed by atoms with van der Waals surface area (Å²) in [5, 5.41) is 9.64. The van der Waals surface area contributed by atoms with Crippen LogP contribution in [0.2, 0.25) is 0 Å². The minimum absolute atomic E-state index is 0.0674. The minimum Gasteiger partial charge on any atom is -0.508 e. The summed E-state index contributed by atoms with van der Waals surface area (Å²) >= 11 is 0. The molecule has 4 heteroatoms. The Morgan fingerprint density at radius 3 is 2.39 bits per heavy atom. The van der Waals surface area contributed by atoms with Crippen LogP contribution in [-0.2, 0) is 0 Å². The van der Waals surface area contributed by atoms with E-state index in [1.807, 2.05) is 54.6 Å². The Labute approximate surface area is 181 Å². The molecule has 0 spiro atoms. The van der Waals surface area contributed by atoms with Crippen LogP contribution in [-0.4, -0.2) is 22.8 Å². The van der Waals surface area contributed by atoms with Crippen LogP contribution in [0.15, 0.2) is 114 Å². The number of phenolic OH excluding ortho intramolecular Hbond substituents is 1. The SMILES string of the molecule is Oc1cc(F)cc(C=NC[C@@H](c2ccccc2)N2C=CC=CC=C2c2ccccc2)c1.